The van der Waals surface area contributed by atoms with Crippen LogP contribution in [0, 0.1) is 0 Å². The third kappa shape index (κ3) is 3.85. The minimum absolute atomic E-state index is 0.0369. The van der Waals surface area contributed by atoms with Crippen molar-refractivity contribution < 1.29 is 4.79 Å². The van der Waals surface area contributed by atoms with Crippen molar-refractivity contribution in [3.8, 4) is 0 Å². The summed E-state index contributed by atoms with van der Waals surface area (Å²) in [5, 5.41) is 11.0. The first kappa shape index (κ1) is 17.7. The lowest BCUT2D eigenvalue weighted by Crippen LogP contribution is -2.30. The fourth-order valence-corrected chi connectivity index (χ4v) is 4.19. The van der Waals surface area contributed by atoms with Crippen LogP contribution in [0.2, 0.25) is 0 Å². The van der Waals surface area contributed by atoms with E-state index in [0.29, 0.717) is 11.9 Å². The van der Waals surface area contributed by atoms with Crippen LogP contribution in [0.3, 0.4) is 0 Å². The summed E-state index contributed by atoms with van der Waals surface area (Å²) >= 11 is 1.58. The number of carbonyl (C=O) groups excluding carboxylic acids is 1. The molecule has 1 amide bonds. The highest BCUT2D eigenvalue weighted by atomic mass is 32.1. The minimum Gasteiger partial charge on any atom is -0.347 e. The van der Waals surface area contributed by atoms with Gasteiger partial charge in [-0.25, -0.2) is 4.68 Å². The highest BCUT2D eigenvalue weighted by Gasteiger charge is 2.21. The second-order valence-corrected chi connectivity index (χ2v) is 7.73. The van der Waals surface area contributed by atoms with Gasteiger partial charge in [-0.2, -0.15) is 5.10 Å². The zero-order valence-corrected chi connectivity index (χ0v) is 15.7. The summed E-state index contributed by atoms with van der Waals surface area (Å²) in [6.07, 6.45) is 7.56. The molecule has 4 rings (SSSR count). The van der Waals surface area contributed by atoms with Crippen LogP contribution in [0.4, 0.5) is 0 Å². The Morgan fingerprint density at radius 1 is 1.19 bits per heavy atom. The second kappa shape index (κ2) is 7.88. The average molecular weight is 379 g/mol. The Labute approximate surface area is 161 Å². The summed E-state index contributed by atoms with van der Waals surface area (Å²) in [7, 11) is 0. The molecule has 2 heterocycles. The smallest absolute Gasteiger partial charge is 0.274 e. The molecule has 1 aliphatic carbocycles. The minimum atomic E-state index is -0.173. The molecule has 1 saturated carbocycles. The summed E-state index contributed by atoms with van der Waals surface area (Å²) in [5.74, 6) is -0.173. The summed E-state index contributed by atoms with van der Waals surface area (Å²) < 4.78 is 1.64. The number of nitrogens with zero attached hydrogens (tertiary/aromatic N) is 2. The van der Waals surface area contributed by atoms with Crippen molar-refractivity contribution in [2.24, 2.45) is 0 Å². The van der Waals surface area contributed by atoms with E-state index in [9.17, 15) is 9.59 Å². The van der Waals surface area contributed by atoms with E-state index < -0.39 is 0 Å². The van der Waals surface area contributed by atoms with E-state index in [-0.39, 0.29) is 17.5 Å². The molecule has 2 aromatic heterocycles. The maximum absolute atomic E-state index is 12.8. The molecule has 1 N–H and O–H groups in total. The number of nitrogens with one attached hydrogen (secondary N) is 1. The van der Waals surface area contributed by atoms with Crippen molar-refractivity contribution in [3.63, 3.8) is 0 Å². The highest BCUT2D eigenvalue weighted by Crippen LogP contribution is 2.28. The van der Waals surface area contributed by atoms with E-state index in [2.05, 4.69) is 10.4 Å². The largest absolute Gasteiger partial charge is 0.347 e. The van der Waals surface area contributed by atoms with Gasteiger partial charge in [-0.1, -0.05) is 37.1 Å². The number of hydrogen-bond donors (Lipinski definition) is 1. The number of fused-ring (bicyclic) bond motifs is 1. The molecule has 0 saturated heterocycles. The first-order valence-electron chi connectivity index (χ1n) is 9.22. The van der Waals surface area contributed by atoms with Gasteiger partial charge >= 0.3 is 0 Å². The Balaban J connectivity index is 1.59. The lowest BCUT2D eigenvalue weighted by atomic mass is 10.1. The third-order valence-electron chi connectivity index (χ3n) is 4.95. The third-order valence-corrected chi connectivity index (χ3v) is 5.79. The van der Waals surface area contributed by atoms with Crippen LogP contribution in [0.15, 0.2) is 52.6 Å². The quantitative estimate of drug-likeness (QED) is 0.684. The van der Waals surface area contributed by atoms with Crippen LogP contribution in [-0.4, -0.2) is 15.7 Å². The summed E-state index contributed by atoms with van der Waals surface area (Å²) in [6.45, 7) is 0.293. The molecule has 6 heteroatoms. The SMILES string of the molecule is O=C(C=Cc1cccs1)NCc1nn(C2CCCC2)c(=O)c2ccccc12. The lowest BCUT2D eigenvalue weighted by molar-refractivity contribution is -0.116. The van der Waals surface area contributed by atoms with Gasteiger partial charge in [-0.3, -0.25) is 9.59 Å². The Morgan fingerprint density at radius 3 is 2.70 bits per heavy atom. The summed E-state index contributed by atoms with van der Waals surface area (Å²) in [5.41, 5.74) is 0.695. The van der Waals surface area contributed by atoms with E-state index >= 15 is 0 Å². The predicted octanol–water partition coefficient (Wildman–Crippen LogP) is 3.90. The number of amides is 1. The molecule has 27 heavy (non-hydrogen) atoms. The Bertz CT molecular complexity index is 1030. The zero-order valence-electron chi connectivity index (χ0n) is 14.9. The highest BCUT2D eigenvalue weighted by molar-refractivity contribution is 7.10. The van der Waals surface area contributed by atoms with Crippen molar-refractivity contribution in [1.29, 1.82) is 0 Å². The van der Waals surface area contributed by atoms with Crippen molar-refractivity contribution in [1.82, 2.24) is 15.1 Å². The molecule has 0 bridgehead atoms. The van der Waals surface area contributed by atoms with E-state index in [1.807, 2.05) is 41.8 Å². The molecule has 0 unspecified atom stereocenters. The number of carbonyl (C=O) groups is 1. The summed E-state index contributed by atoms with van der Waals surface area (Å²) in [6, 6.07) is 11.6. The van der Waals surface area contributed by atoms with Crippen LogP contribution in [0.1, 0.15) is 42.3 Å². The zero-order chi connectivity index (χ0) is 18.6. The van der Waals surface area contributed by atoms with Crippen LogP contribution >= 0.6 is 11.3 Å². The van der Waals surface area contributed by atoms with Gasteiger partial charge in [-0.15, -0.1) is 11.3 Å². The van der Waals surface area contributed by atoms with E-state index in [4.69, 9.17) is 0 Å². The second-order valence-electron chi connectivity index (χ2n) is 6.75. The monoisotopic (exact) mass is 379 g/mol. The Hall–Kier alpha value is -2.73. The van der Waals surface area contributed by atoms with Gasteiger partial charge in [0.05, 0.1) is 23.7 Å². The molecule has 1 fully saturated rings. The van der Waals surface area contributed by atoms with Crippen LogP contribution in [-0.2, 0) is 11.3 Å². The van der Waals surface area contributed by atoms with Crippen molar-refractivity contribution in [2.75, 3.05) is 0 Å². The van der Waals surface area contributed by atoms with Gasteiger partial charge < -0.3 is 5.32 Å². The van der Waals surface area contributed by atoms with E-state index in [1.165, 1.54) is 6.08 Å². The molecule has 0 radical (unpaired) electrons. The standard InChI is InChI=1S/C21H21N3O2S/c25-20(12-11-16-8-5-13-27-16)22-14-19-17-9-3-4-10-18(17)21(26)24(23-19)15-6-1-2-7-15/h3-5,8-13,15H,1-2,6-7,14H2,(H,22,25). The number of rotatable bonds is 5. The molecular formula is C21H21N3O2S. The Morgan fingerprint density at radius 2 is 1.96 bits per heavy atom. The number of aromatic nitrogens is 2. The molecule has 3 aromatic rings. The van der Waals surface area contributed by atoms with Gasteiger partial charge in [0.2, 0.25) is 5.91 Å². The lowest BCUT2D eigenvalue weighted by Gasteiger charge is -2.16. The molecule has 0 aliphatic heterocycles. The number of benzene rings is 1. The number of hydrogen-bond acceptors (Lipinski definition) is 4. The fraction of sp³-hybridized carbons (Fsp3) is 0.286. The van der Waals surface area contributed by atoms with Gasteiger partial charge in [0.15, 0.2) is 0 Å². The fourth-order valence-electron chi connectivity index (χ4n) is 3.57. The maximum atomic E-state index is 12.8. The van der Waals surface area contributed by atoms with Crippen molar-refractivity contribution >= 4 is 34.1 Å². The van der Waals surface area contributed by atoms with E-state index in [0.717, 1.165) is 41.6 Å². The van der Waals surface area contributed by atoms with Gasteiger partial charge in [0.25, 0.3) is 5.56 Å². The Kier molecular flexibility index (Phi) is 5.16. The molecule has 1 aliphatic rings. The van der Waals surface area contributed by atoms with Gasteiger partial charge in [0.1, 0.15) is 0 Å². The first-order valence-corrected chi connectivity index (χ1v) is 10.1. The van der Waals surface area contributed by atoms with Crippen molar-refractivity contribution in [2.45, 2.75) is 38.3 Å². The van der Waals surface area contributed by atoms with Crippen LogP contribution < -0.4 is 10.9 Å². The van der Waals surface area contributed by atoms with Gasteiger partial charge in [0, 0.05) is 16.3 Å². The molecular weight excluding hydrogens is 358 g/mol. The topological polar surface area (TPSA) is 64.0 Å². The predicted molar refractivity (Wildman–Crippen MR) is 109 cm³/mol. The average Bonchev–Trinajstić information content (AvgIpc) is 3.40. The summed E-state index contributed by atoms with van der Waals surface area (Å²) in [4.78, 5) is 26.0. The van der Waals surface area contributed by atoms with Crippen molar-refractivity contribution in [3.05, 3.63) is 68.8 Å². The molecule has 138 valence electrons. The normalized spacial score (nSPS) is 15.0. The molecule has 5 nitrogen and oxygen atoms in total. The molecule has 1 aromatic carbocycles. The van der Waals surface area contributed by atoms with Crippen LogP contribution in [0.5, 0.6) is 0 Å². The van der Waals surface area contributed by atoms with Gasteiger partial charge in [-0.05, 0) is 36.4 Å². The first-order chi connectivity index (χ1) is 13.2. The van der Waals surface area contributed by atoms with Crippen LogP contribution in [0.25, 0.3) is 16.8 Å². The number of thiophene rings is 1. The maximum Gasteiger partial charge on any atom is 0.274 e. The molecule has 0 spiro atoms. The van der Waals surface area contributed by atoms with E-state index in [1.54, 1.807) is 22.1 Å². The molecule has 0 atom stereocenters.